The Balaban J connectivity index is 2.15. The highest BCUT2D eigenvalue weighted by atomic mass is 16.6. The highest BCUT2D eigenvalue weighted by Crippen LogP contribution is 2.44. The molecule has 124 valence electrons. The second-order valence-corrected chi connectivity index (χ2v) is 5.59. The van der Waals surface area contributed by atoms with E-state index in [4.69, 9.17) is 9.47 Å². The second-order valence-electron chi connectivity index (χ2n) is 5.59. The molecule has 0 aromatic heterocycles. The van der Waals surface area contributed by atoms with E-state index in [1.54, 1.807) is 24.3 Å². The van der Waals surface area contributed by atoms with Gasteiger partial charge in [-0.1, -0.05) is 30.3 Å². The fourth-order valence-electron chi connectivity index (χ4n) is 2.72. The Bertz CT molecular complexity index is 812. The SMILES string of the molecule is CC(=O)OC1C(=O)c2c(cc(O)c(C)c2O)OC1c1ccccc1. The third-order valence-electron chi connectivity index (χ3n) is 3.95. The molecular formula is C18H16O6. The summed E-state index contributed by atoms with van der Waals surface area (Å²) in [5, 5.41) is 20.1. The van der Waals surface area contributed by atoms with Crippen LogP contribution in [0.15, 0.2) is 36.4 Å². The number of hydrogen-bond acceptors (Lipinski definition) is 6. The maximum absolute atomic E-state index is 12.8. The molecule has 2 unspecified atom stereocenters. The molecule has 1 heterocycles. The van der Waals surface area contributed by atoms with E-state index in [1.165, 1.54) is 19.9 Å². The zero-order valence-electron chi connectivity index (χ0n) is 13.1. The van der Waals surface area contributed by atoms with Crippen LogP contribution >= 0.6 is 0 Å². The molecule has 24 heavy (non-hydrogen) atoms. The number of esters is 1. The van der Waals surface area contributed by atoms with Crippen molar-refractivity contribution < 1.29 is 29.3 Å². The van der Waals surface area contributed by atoms with E-state index >= 15 is 0 Å². The average molecular weight is 328 g/mol. The van der Waals surface area contributed by atoms with Gasteiger partial charge in [-0.25, -0.2) is 0 Å². The van der Waals surface area contributed by atoms with Gasteiger partial charge in [-0.3, -0.25) is 9.59 Å². The Kier molecular flexibility index (Phi) is 3.89. The lowest BCUT2D eigenvalue weighted by Gasteiger charge is -2.32. The van der Waals surface area contributed by atoms with Crippen LogP contribution in [0.4, 0.5) is 0 Å². The highest BCUT2D eigenvalue weighted by Gasteiger charge is 2.43. The molecule has 2 atom stereocenters. The predicted molar refractivity (Wildman–Crippen MR) is 84.2 cm³/mol. The average Bonchev–Trinajstić information content (AvgIpc) is 2.55. The minimum atomic E-state index is -1.22. The normalized spacial score (nSPS) is 19.3. The lowest BCUT2D eigenvalue weighted by atomic mass is 9.91. The molecule has 0 radical (unpaired) electrons. The smallest absolute Gasteiger partial charge is 0.303 e. The largest absolute Gasteiger partial charge is 0.507 e. The summed E-state index contributed by atoms with van der Waals surface area (Å²) in [7, 11) is 0. The van der Waals surface area contributed by atoms with E-state index in [2.05, 4.69) is 0 Å². The topological polar surface area (TPSA) is 93.1 Å². The number of rotatable bonds is 2. The first-order valence-electron chi connectivity index (χ1n) is 7.38. The van der Waals surface area contributed by atoms with Gasteiger partial charge in [0.2, 0.25) is 11.9 Å². The van der Waals surface area contributed by atoms with Gasteiger partial charge in [-0.2, -0.15) is 0 Å². The Morgan fingerprint density at radius 2 is 1.88 bits per heavy atom. The second kappa shape index (κ2) is 5.88. The van der Waals surface area contributed by atoms with Gasteiger partial charge in [-0.05, 0) is 12.5 Å². The molecule has 2 aromatic rings. The van der Waals surface area contributed by atoms with E-state index in [0.717, 1.165) is 0 Å². The number of benzene rings is 2. The van der Waals surface area contributed by atoms with Crippen molar-refractivity contribution >= 4 is 11.8 Å². The molecule has 6 nitrogen and oxygen atoms in total. The zero-order chi connectivity index (χ0) is 17.4. The predicted octanol–water partition coefficient (Wildman–Crippen LogP) is 2.65. The number of aromatic hydroxyl groups is 2. The van der Waals surface area contributed by atoms with Crippen molar-refractivity contribution in [2.75, 3.05) is 0 Å². The molecule has 1 aliphatic heterocycles. The maximum atomic E-state index is 12.8. The molecule has 6 heteroatoms. The van der Waals surface area contributed by atoms with Gasteiger partial charge in [0.25, 0.3) is 0 Å². The van der Waals surface area contributed by atoms with Crippen LogP contribution in [0.2, 0.25) is 0 Å². The highest BCUT2D eigenvalue weighted by molar-refractivity contribution is 6.06. The Morgan fingerprint density at radius 1 is 1.21 bits per heavy atom. The number of Topliss-reactive ketones (excluding diaryl/α,β-unsaturated/α-hetero) is 1. The van der Waals surface area contributed by atoms with Crippen LogP contribution in [-0.2, 0) is 9.53 Å². The summed E-state index contributed by atoms with van der Waals surface area (Å²) in [6.07, 6.45) is -2.08. The molecule has 0 saturated carbocycles. The van der Waals surface area contributed by atoms with Crippen molar-refractivity contribution in [1.82, 2.24) is 0 Å². The van der Waals surface area contributed by atoms with Gasteiger partial charge in [-0.15, -0.1) is 0 Å². The summed E-state index contributed by atoms with van der Waals surface area (Å²) in [5.74, 6) is -1.70. The van der Waals surface area contributed by atoms with Crippen molar-refractivity contribution in [2.45, 2.75) is 26.1 Å². The summed E-state index contributed by atoms with van der Waals surface area (Å²) in [4.78, 5) is 24.2. The van der Waals surface area contributed by atoms with E-state index in [0.29, 0.717) is 5.56 Å². The fraction of sp³-hybridized carbons (Fsp3) is 0.222. The number of ketones is 1. The molecule has 0 amide bonds. The summed E-state index contributed by atoms with van der Waals surface area (Å²) in [6.45, 7) is 2.68. The van der Waals surface area contributed by atoms with E-state index in [9.17, 15) is 19.8 Å². The van der Waals surface area contributed by atoms with Crippen molar-refractivity contribution in [2.24, 2.45) is 0 Å². The Hall–Kier alpha value is -3.02. The molecule has 0 saturated heterocycles. The molecule has 2 aromatic carbocycles. The van der Waals surface area contributed by atoms with Crippen molar-refractivity contribution in [3.8, 4) is 17.2 Å². The lowest BCUT2D eigenvalue weighted by molar-refractivity contribution is -0.148. The first-order chi connectivity index (χ1) is 11.4. The molecule has 0 bridgehead atoms. The number of ether oxygens (including phenoxy) is 2. The molecule has 1 aliphatic rings. The van der Waals surface area contributed by atoms with Crippen LogP contribution in [0.5, 0.6) is 17.2 Å². The molecule has 0 spiro atoms. The molecule has 0 fully saturated rings. The first-order valence-corrected chi connectivity index (χ1v) is 7.38. The van der Waals surface area contributed by atoms with Crippen LogP contribution in [0, 0.1) is 6.92 Å². The minimum absolute atomic E-state index is 0.0536. The minimum Gasteiger partial charge on any atom is -0.507 e. The van der Waals surface area contributed by atoms with Crippen LogP contribution in [-0.4, -0.2) is 28.1 Å². The van der Waals surface area contributed by atoms with Crippen LogP contribution in [0.1, 0.15) is 34.5 Å². The van der Waals surface area contributed by atoms with Gasteiger partial charge in [0, 0.05) is 18.6 Å². The monoisotopic (exact) mass is 328 g/mol. The maximum Gasteiger partial charge on any atom is 0.303 e. The van der Waals surface area contributed by atoms with Crippen LogP contribution in [0.25, 0.3) is 0 Å². The first kappa shape index (κ1) is 15.9. The van der Waals surface area contributed by atoms with Crippen molar-refractivity contribution in [1.29, 1.82) is 0 Å². The molecular weight excluding hydrogens is 312 g/mol. The standard InChI is InChI=1S/C18H16O6/c1-9-12(20)8-13-14(15(9)21)16(22)18(23-10(2)19)17(24-13)11-6-4-3-5-7-11/h3-8,17-18,20-21H,1-2H3. The third kappa shape index (κ3) is 2.56. The number of hydrogen-bond donors (Lipinski definition) is 2. The van der Waals surface area contributed by atoms with Gasteiger partial charge in [0.1, 0.15) is 22.8 Å². The van der Waals surface area contributed by atoms with Crippen molar-refractivity contribution in [3.63, 3.8) is 0 Å². The number of fused-ring (bicyclic) bond motifs is 1. The van der Waals surface area contributed by atoms with Crippen LogP contribution in [0.3, 0.4) is 0 Å². The number of carbonyl (C=O) groups is 2. The van der Waals surface area contributed by atoms with E-state index in [-0.39, 0.29) is 28.4 Å². The van der Waals surface area contributed by atoms with E-state index in [1.807, 2.05) is 6.07 Å². The van der Waals surface area contributed by atoms with Crippen molar-refractivity contribution in [3.05, 3.63) is 53.1 Å². The van der Waals surface area contributed by atoms with Crippen LogP contribution < -0.4 is 4.74 Å². The zero-order valence-corrected chi connectivity index (χ0v) is 13.1. The van der Waals surface area contributed by atoms with Gasteiger partial charge >= 0.3 is 5.97 Å². The quantitative estimate of drug-likeness (QED) is 0.823. The number of phenols is 2. The van der Waals surface area contributed by atoms with Gasteiger partial charge < -0.3 is 19.7 Å². The van der Waals surface area contributed by atoms with Gasteiger partial charge in [0.15, 0.2) is 6.10 Å². The molecule has 3 rings (SSSR count). The fourth-order valence-corrected chi connectivity index (χ4v) is 2.72. The number of carbonyl (C=O) groups excluding carboxylic acids is 2. The number of phenolic OH excluding ortho intramolecular Hbond substituents is 2. The molecule has 2 N–H and O–H groups in total. The molecule has 0 aliphatic carbocycles. The lowest BCUT2D eigenvalue weighted by Crippen LogP contribution is -2.39. The summed E-state index contributed by atoms with van der Waals surface area (Å²) in [5.41, 5.74) is 0.705. The van der Waals surface area contributed by atoms with E-state index < -0.39 is 24.0 Å². The Labute approximate surface area is 138 Å². The summed E-state index contributed by atoms with van der Waals surface area (Å²) in [6, 6.07) is 10.1. The van der Waals surface area contributed by atoms with Gasteiger partial charge in [0.05, 0.1) is 0 Å². The summed E-state index contributed by atoms with van der Waals surface area (Å²) < 4.78 is 11.0. The third-order valence-corrected chi connectivity index (χ3v) is 3.95. The summed E-state index contributed by atoms with van der Waals surface area (Å²) >= 11 is 0. The Morgan fingerprint density at radius 3 is 2.50 bits per heavy atom.